The molecule has 2 heterocycles. The number of carbonyl (C=O) groups is 1. The zero-order valence-corrected chi connectivity index (χ0v) is 16.7. The molecule has 0 spiro atoms. The van der Waals surface area contributed by atoms with E-state index in [0.717, 1.165) is 24.5 Å². The van der Waals surface area contributed by atoms with E-state index in [1.54, 1.807) is 31.2 Å². The summed E-state index contributed by atoms with van der Waals surface area (Å²) in [4.78, 5) is 25.4. The van der Waals surface area contributed by atoms with Gasteiger partial charge in [-0.15, -0.1) is 0 Å². The van der Waals surface area contributed by atoms with Crippen molar-refractivity contribution in [1.82, 2.24) is 19.9 Å². The molecule has 1 aliphatic rings. The van der Waals surface area contributed by atoms with E-state index < -0.39 is 11.9 Å². The second kappa shape index (κ2) is 8.33. The molecule has 31 heavy (non-hydrogen) atoms. The van der Waals surface area contributed by atoms with Gasteiger partial charge >= 0.3 is 6.18 Å². The SMILES string of the molecule is CC(=O)N(Cc1ccc(Nc2cc(C(F)(F)F)nc(-c3cccnc3)n2)cc1)C1CC1. The van der Waals surface area contributed by atoms with Crippen molar-refractivity contribution in [2.75, 3.05) is 5.32 Å². The average molecular weight is 427 g/mol. The standard InChI is InChI=1S/C22H20F3N5O/c1-14(31)30(18-8-9-18)13-15-4-6-17(7-5-15)27-20-11-19(22(23,24)25)28-21(29-20)16-3-2-10-26-12-16/h2-7,10-12,18H,8-9,13H2,1H3,(H,27,28,29). The van der Waals surface area contributed by atoms with Crippen LogP contribution in [0.5, 0.6) is 0 Å². The first-order valence-electron chi connectivity index (χ1n) is 9.79. The van der Waals surface area contributed by atoms with Gasteiger partial charge in [-0.1, -0.05) is 12.1 Å². The molecule has 0 aliphatic heterocycles. The summed E-state index contributed by atoms with van der Waals surface area (Å²) in [5.74, 6) is -0.00542. The molecule has 3 aromatic rings. The molecule has 9 heteroatoms. The predicted molar refractivity (Wildman–Crippen MR) is 109 cm³/mol. The number of hydrogen-bond acceptors (Lipinski definition) is 5. The van der Waals surface area contributed by atoms with Gasteiger partial charge in [-0.2, -0.15) is 13.2 Å². The Labute approximate surface area is 177 Å². The summed E-state index contributed by atoms with van der Waals surface area (Å²) in [5, 5.41) is 2.91. The molecular weight excluding hydrogens is 407 g/mol. The second-order valence-corrected chi connectivity index (χ2v) is 7.40. The lowest BCUT2D eigenvalue weighted by molar-refractivity contribution is -0.141. The molecule has 1 aliphatic carbocycles. The van der Waals surface area contributed by atoms with Crippen LogP contribution in [0.25, 0.3) is 11.4 Å². The summed E-state index contributed by atoms with van der Waals surface area (Å²) in [6, 6.07) is 11.6. The normalized spacial score (nSPS) is 13.7. The lowest BCUT2D eigenvalue weighted by Gasteiger charge is -2.20. The largest absolute Gasteiger partial charge is 0.433 e. The van der Waals surface area contributed by atoms with Crippen molar-refractivity contribution in [3.05, 3.63) is 66.1 Å². The number of aromatic nitrogens is 3. The van der Waals surface area contributed by atoms with E-state index in [1.165, 1.54) is 12.4 Å². The highest BCUT2D eigenvalue weighted by Gasteiger charge is 2.34. The van der Waals surface area contributed by atoms with E-state index in [-0.39, 0.29) is 17.5 Å². The summed E-state index contributed by atoms with van der Waals surface area (Å²) < 4.78 is 40.0. The Morgan fingerprint density at radius 2 is 1.90 bits per heavy atom. The highest BCUT2D eigenvalue weighted by Crippen LogP contribution is 2.32. The predicted octanol–water partition coefficient (Wildman–Crippen LogP) is 4.81. The summed E-state index contributed by atoms with van der Waals surface area (Å²) in [5.41, 5.74) is 0.870. The number of nitrogens with one attached hydrogen (secondary N) is 1. The molecule has 0 bridgehead atoms. The van der Waals surface area contributed by atoms with E-state index in [9.17, 15) is 18.0 Å². The minimum absolute atomic E-state index is 0.0253. The molecule has 0 atom stereocenters. The van der Waals surface area contributed by atoms with Gasteiger partial charge < -0.3 is 10.2 Å². The van der Waals surface area contributed by atoms with Crippen LogP contribution in [0.15, 0.2) is 54.9 Å². The Bertz CT molecular complexity index is 1070. The molecule has 1 amide bonds. The topological polar surface area (TPSA) is 71.0 Å². The van der Waals surface area contributed by atoms with Crippen LogP contribution in [0.3, 0.4) is 0 Å². The van der Waals surface area contributed by atoms with E-state index >= 15 is 0 Å². The number of rotatable bonds is 6. The Balaban J connectivity index is 1.56. The Morgan fingerprint density at radius 1 is 1.16 bits per heavy atom. The van der Waals surface area contributed by atoms with Gasteiger partial charge in [-0.25, -0.2) is 9.97 Å². The maximum atomic E-state index is 13.3. The third kappa shape index (κ3) is 5.17. The molecule has 1 N–H and O–H groups in total. The molecule has 2 aromatic heterocycles. The number of anilines is 2. The molecule has 6 nitrogen and oxygen atoms in total. The first kappa shape index (κ1) is 20.8. The van der Waals surface area contributed by atoms with Gasteiger partial charge in [0.2, 0.25) is 5.91 Å². The highest BCUT2D eigenvalue weighted by atomic mass is 19.4. The fraction of sp³-hybridized carbons (Fsp3) is 0.273. The summed E-state index contributed by atoms with van der Waals surface area (Å²) in [6.45, 7) is 2.07. The second-order valence-electron chi connectivity index (χ2n) is 7.40. The van der Waals surface area contributed by atoms with Gasteiger partial charge in [0.15, 0.2) is 11.5 Å². The van der Waals surface area contributed by atoms with Crippen molar-refractivity contribution in [2.45, 2.75) is 38.5 Å². The summed E-state index contributed by atoms with van der Waals surface area (Å²) >= 11 is 0. The maximum absolute atomic E-state index is 13.3. The third-order valence-corrected chi connectivity index (χ3v) is 4.91. The average Bonchev–Trinajstić information content (AvgIpc) is 3.58. The monoisotopic (exact) mass is 427 g/mol. The molecule has 0 unspecified atom stereocenters. The van der Waals surface area contributed by atoms with Crippen LogP contribution >= 0.6 is 0 Å². The fourth-order valence-corrected chi connectivity index (χ4v) is 3.20. The molecule has 1 aromatic carbocycles. The lowest BCUT2D eigenvalue weighted by atomic mass is 10.2. The van der Waals surface area contributed by atoms with Crippen molar-refractivity contribution >= 4 is 17.4 Å². The summed E-state index contributed by atoms with van der Waals surface area (Å²) in [6.07, 6.45) is 0.365. The van der Waals surface area contributed by atoms with E-state index in [4.69, 9.17) is 0 Å². The molecular formula is C22H20F3N5O. The number of alkyl halides is 3. The van der Waals surface area contributed by atoms with Crippen LogP contribution in [0.4, 0.5) is 24.7 Å². The number of halogens is 3. The highest BCUT2D eigenvalue weighted by molar-refractivity contribution is 5.74. The van der Waals surface area contributed by atoms with E-state index in [0.29, 0.717) is 23.8 Å². The minimum Gasteiger partial charge on any atom is -0.340 e. The molecule has 4 rings (SSSR count). The van der Waals surface area contributed by atoms with Gasteiger partial charge in [0, 0.05) is 49.2 Å². The number of benzene rings is 1. The molecule has 160 valence electrons. The van der Waals surface area contributed by atoms with Crippen molar-refractivity contribution in [1.29, 1.82) is 0 Å². The molecule has 0 radical (unpaired) electrons. The van der Waals surface area contributed by atoms with Crippen molar-refractivity contribution in [2.24, 2.45) is 0 Å². The fourth-order valence-electron chi connectivity index (χ4n) is 3.20. The maximum Gasteiger partial charge on any atom is 0.433 e. The Morgan fingerprint density at radius 3 is 2.48 bits per heavy atom. The third-order valence-electron chi connectivity index (χ3n) is 4.91. The van der Waals surface area contributed by atoms with Crippen LogP contribution in [-0.2, 0) is 17.5 Å². The van der Waals surface area contributed by atoms with Crippen LogP contribution in [0.1, 0.15) is 31.0 Å². The molecule has 1 fully saturated rings. The Kier molecular flexibility index (Phi) is 5.58. The first-order chi connectivity index (χ1) is 14.8. The van der Waals surface area contributed by atoms with Crippen molar-refractivity contribution in [3.8, 4) is 11.4 Å². The lowest BCUT2D eigenvalue weighted by Crippen LogP contribution is -2.30. The van der Waals surface area contributed by atoms with Gasteiger partial charge in [0.1, 0.15) is 5.82 Å². The molecule has 0 saturated heterocycles. The van der Waals surface area contributed by atoms with Gasteiger partial charge in [0.25, 0.3) is 0 Å². The van der Waals surface area contributed by atoms with Gasteiger partial charge in [-0.3, -0.25) is 9.78 Å². The smallest absolute Gasteiger partial charge is 0.340 e. The van der Waals surface area contributed by atoms with Crippen LogP contribution in [0, 0.1) is 0 Å². The van der Waals surface area contributed by atoms with E-state index in [1.807, 2.05) is 17.0 Å². The number of pyridine rings is 1. The summed E-state index contributed by atoms with van der Waals surface area (Å²) in [7, 11) is 0. The Hall–Kier alpha value is -3.49. The zero-order chi connectivity index (χ0) is 22.0. The van der Waals surface area contributed by atoms with Crippen molar-refractivity contribution < 1.29 is 18.0 Å². The number of hydrogen-bond donors (Lipinski definition) is 1. The van der Waals surface area contributed by atoms with Gasteiger partial charge in [-0.05, 0) is 42.7 Å². The number of amides is 1. The quantitative estimate of drug-likeness (QED) is 0.611. The number of nitrogens with zero attached hydrogens (tertiary/aromatic N) is 4. The molecule has 1 saturated carbocycles. The zero-order valence-electron chi connectivity index (χ0n) is 16.7. The van der Waals surface area contributed by atoms with Crippen LogP contribution in [-0.4, -0.2) is 31.8 Å². The minimum atomic E-state index is -4.61. The van der Waals surface area contributed by atoms with Gasteiger partial charge in [0.05, 0.1) is 0 Å². The van der Waals surface area contributed by atoms with Crippen LogP contribution < -0.4 is 5.32 Å². The van der Waals surface area contributed by atoms with Crippen LogP contribution in [0.2, 0.25) is 0 Å². The van der Waals surface area contributed by atoms with Crippen molar-refractivity contribution in [3.63, 3.8) is 0 Å². The van der Waals surface area contributed by atoms with E-state index in [2.05, 4.69) is 20.3 Å². The number of carbonyl (C=O) groups excluding carboxylic acids is 1. The first-order valence-corrected chi connectivity index (χ1v) is 9.79.